The minimum atomic E-state index is -0.284. The van der Waals surface area contributed by atoms with Crippen molar-refractivity contribution >= 4 is 28.7 Å². The molecule has 4 N–H and O–H groups in total. The van der Waals surface area contributed by atoms with Crippen LogP contribution in [0.2, 0.25) is 0 Å². The van der Waals surface area contributed by atoms with Gasteiger partial charge in [-0.05, 0) is 61.1 Å². The standard InChI is InChI=1S/C22H22N4O2/c1-28-26-22(27)14-8-6-13(7-9-14)21-16-5-3-2-4-15(16)20-17(12-23)18(24)10-11-19(20)25-21/h6-12,23H,2-5,24H2,1H3,(H,26,27). The molecule has 0 radical (unpaired) electrons. The third kappa shape index (κ3) is 3.01. The number of anilines is 1. The lowest BCUT2D eigenvalue weighted by Gasteiger charge is -2.23. The zero-order valence-electron chi connectivity index (χ0n) is 15.7. The minimum Gasteiger partial charge on any atom is -0.398 e. The molecular formula is C22H22N4O2. The van der Waals surface area contributed by atoms with Crippen LogP contribution in [0.1, 0.15) is 39.9 Å². The van der Waals surface area contributed by atoms with E-state index in [9.17, 15) is 4.79 Å². The average Bonchev–Trinajstić information content (AvgIpc) is 2.73. The van der Waals surface area contributed by atoms with E-state index in [2.05, 4.69) is 10.3 Å². The van der Waals surface area contributed by atoms with Crippen molar-refractivity contribution in [2.75, 3.05) is 12.8 Å². The second kappa shape index (κ2) is 7.40. The Morgan fingerprint density at radius 2 is 1.86 bits per heavy atom. The van der Waals surface area contributed by atoms with Crippen LogP contribution in [0.5, 0.6) is 0 Å². The number of nitrogen functional groups attached to an aromatic ring is 1. The normalized spacial score (nSPS) is 13.2. The molecule has 1 aliphatic rings. The van der Waals surface area contributed by atoms with Crippen molar-refractivity contribution in [3.8, 4) is 11.3 Å². The first kappa shape index (κ1) is 18.1. The van der Waals surface area contributed by atoms with Gasteiger partial charge in [0.15, 0.2) is 0 Å². The van der Waals surface area contributed by atoms with Gasteiger partial charge >= 0.3 is 0 Å². The first-order valence-electron chi connectivity index (χ1n) is 9.32. The third-order valence-corrected chi connectivity index (χ3v) is 5.30. The Kier molecular flexibility index (Phi) is 4.79. The number of nitrogens with zero attached hydrogens (tertiary/aromatic N) is 1. The summed E-state index contributed by atoms with van der Waals surface area (Å²) in [5, 5.41) is 8.82. The van der Waals surface area contributed by atoms with Gasteiger partial charge in [0.25, 0.3) is 5.91 Å². The fourth-order valence-corrected chi connectivity index (χ4v) is 3.99. The summed E-state index contributed by atoms with van der Waals surface area (Å²) in [6, 6.07) is 11.1. The molecule has 0 unspecified atom stereocenters. The van der Waals surface area contributed by atoms with Crippen LogP contribution in [-0.2, 0) is 17.7 Å². The second-order valence-electron chi connectivity index (χ2n) is 6.94. The van der Waals surface area contributed by atoms with Gasteiger partial charge in [-0.3, -0.25) is 9.63 Å². The van der Waals surface area contributed by atoms with Crippen molar-refractivity contribution in [1.82, 2.24) is 10.5 Å². The van der Waals surface area contributed by atoms with Gasteiger partial charge in [-0.1, -0.05) is 12.1 Å². The molecule has 0 fully saturated rings. The quantitative estimate of drug-likeness (QED) is 0.368. The predicted molar refractivity (Wildman–Crippen MR) is 111 cm³/mol. The highest BCUT2D eigenvalue weighted by Crippen LogP contribution is 2.37. The van der Waals surface area contributed by atoms with Crippen molar-refractivity contribution in [3.63, 3.8) is 0 Å². The van der Waals surface area contributed by atoms with Crippen molar-refractivity contribution in [2.45, 2.75) is 25.7 Å². The first-order valence-corrected chi connectivity index (χ1v) is 9.32. The molecule has 0 saturated heterocycles. The zero-order chi connectivity index (χ0) is 19.7. The molecule has 6 heteroatoms. The SMILES string of the molecule is CONC(=O)c1ccc(-c2nc3ccc(N)c(C=N)c3c3c2CCCC3)cc1. The zero-order valence-corrected chi connectivity index (χ0v) is 15.7. The molecule has 0 spiro atoms. The lowest BCUT2D eigenvalue weighted by molar-refractivity contribution is 0.0537. The van der Waals surface area contributed by atoms with E-state index in [1.807, 2.05) is 24.3 Å². The van der Waals surface area contributed by atoms with Gasteiger partial charge in [0.2, 0.25) is 0 Å². The molecule has 1 aliphatic carbocycles. The molecule has 6 nitrogen and oxygen atoms in total. The van der Waals surface area contributed by atoms with Crippen LogP contribution in [-0.4, -0.2) is 24.2 Å². The van der Waals surface area contributed by atoms with E-state index < -0.39 is 0 Å². The minimum absolute atomic E-state index is 0.284. The fraction of sp³-hybridized carbons (Fsp3) is 0.227. The van der Waals surface area contributed by atoms with Crippen molar-refractivity contribution in [2.24, 2.45) is 0 Å². The van der Waals surface area contributed by atoms with Crippen LogP contribution in [0.4, 0.5) is 5.69 Å². The van der Waals surface area contributed by atoms with Crippen LogP contribution < -0.4 is 11.2 Å². The number of nitrogens with one attached hydrogen (secondary N) is 2. The molecule has 2 aromatic carbocycles. The van der Waals surface area contributed by atoms with E-state index in [1.165, 1.54) is 24.5 Å². The van der Waals surface area contributed by atoms with E-state index in [0.717, 1.165) is 53.4 Å². The van der Waals surface area contributed by atoms with Crippen molar-refractivity contribution in [1.29, 1.82) is 5.41 Å². The predicted octanol–water partition coefficient (Wildman–Crippen LogP) is 3.65. The summed E-state index contributed by atoms with van der Waals surface area (Å²) in [6.45, 7) is 0. The number of carbonyl (C=O) groups excluding carboxylic acids is 1. The van der Waals surface area contributed by atoms with E-state index >= 15 is 0 Å². The summed E-state index contributed by atoms with van der Waals surface area (Å²) in [7, 11) is 1.41. The van der Waals surface area contributed by atoms with E-state index in [-0.39, 0.29) is 5.91 Å². The maximum absolute atomic E-state index is 11.9. The lowest BCUT2D eigenvalue weighted by atomic mass is 9.85. The number of rotatable bonds is 4. The van der Waals surface area contributed by atoms with Crippen LogP contribution in [0.25, 0.3) is 22.2 Å². The molecule has 1 aromatic heterocycles. The Labute approximate surface area is 163 Å². The third-order valence-electron chi connectivity index (χ3n) is 5.30. The lowest BCUT2D eigenvalue weighted by Crippen LogP contribution is -2.21. The van der Waals surface area contributed by atoms with Crippen molar-refractivity contribution < 1.29 is 9.63 Å². The van der Waals surface area contributed by atoms with E-state index in [0.29, 0.717) is 11.3 Å². The summed E-state index contributed by atoms with van der Waals surface area (Å²) in [5.74, 6) is -0.284. The number of aryl methyl sites for hydroxylation is 1. The number of carbonyl (C=O) groups is 1. The topological polar surface area (TPSA) is 101 Å². The Morgan fingerprint density at radius 3 is 2.54 bits per heavy atom. The Hall–Kier alpha value is -3.25. The highest BCUT2D eigenvalue weighted by Gasteiger charge is 2.21. The monoisotopic (exact) mass is 374 g/mol. The molecule has 28 heavy (non-hydrogen) atoms. The summed E-state index contributed by atoms with van der Waals surface area (Å²) in [5.41, 5.74) is 15.6. The first-order chi connectivity index (χ1) is 13.6. The summed E-state index contributed by atoms with van der Waals surface area (Å²) >= 11 is 0. The van der Waals surface area contributed by atoms with Crippen molar-refractivity contribution in [3.05, 3.63) is 58.7 Å². The average molecular weight is 374 g/mol. The number of hydrogen-bond donors (Lipinski definition) is 3. The number of hydroxylamine groups is 1. The smallest absolute Gasteiger partial charge is 0.274 e. The molecule has 0 atom stereocenters. The number of pyridine rings is 1. The number of aromatic nitrogens is 1. The number of hydrogen-bond acceptors (Lipinski definition) is 5. The van der Waals surface area contributed by atoms with Crippen LogP contribution in [0.3, 0.4) is 0 Å². The number of amides is 1. The molecule has 1 amide bonds. The molecule has 142 valence electrons. The molecule has 0 saturated carbocycles. The maximum atomic E-state index is 11.9. The van der Waals surface area contributed by atoms with Gasteiger partial charge in [0, 0.05) is 34.0 Å². The molecule has 0 bridgehead atoms. The molecule has 0 aliphatic heterocycles. The van der Waals surface area contributed by atoms with Gasteiger partial charge < -0.3 is 11.1 Å². The summed E-state index contributed by atoms with van der Waals surface area (Å²) < 4.78 is 0. The fourth-order valence-electron chi connectivity index (χ4n) is 3.99. The van der Waals surface area contributed by atoms with Crippen LogP contribution in [0.15, 0.2) is 36.4 Å². The number of nitrogens with two attached hydrogens (primary N) is 1. The van der Waals surface area contributed by atoms with Gasteiger partial charge in [-0.15, -0.1) is 0 Å². The highest BCUT2D eigenvalue weighted by atomic mass is 16.6. The van der Waals surface area contributed by atoms with Crippen LogP contribution in [0, 0.1) is 5.41 Å². The Morgan fingerprint density at radius 1 is 1.14 bits per heavy atom. The van der Waals surface area contributed by atoms with Gasteiger partial charge in [0.05, 0.1) is 18.3 Å². The number of fused-ring (bicyclic) bond motifs is 3. The maximum Gasteiger partial charge on any atom is 0.274 e. The largest absolute Gasteiger partial charge is 0.398 e. The van der Waals surface area contributed by atoms with Gasteiger partial charge in [-0.2, -0.15) is 0 Å². The molecule has 3 aromatic rings. The second-order valence-corrected chi connectivity index (χ2v) is 6.94. The van der Waals surface area contributed by atoms with E-state index in [1.54, 1.807) is 12.1 Å². The summed E-state index contributed by atoms with van der Waals surface area (Å²) in [4.78, 5) is 21.5. The number of benzene rings is 2. The Bertz CT molecular complexity index is 1070. The summed E-state index contributed by atoms with van der Waals surface area (Å²) in [6.07, 6.45) is 5.47. The van der Waals surface area contributed by atoms with E-state index in [4.69, 9.17) is 16.1 Å². The molecule has 4 rings (SSSR count). The Balaban J connectivity index is 1.90. The van der Waals surface area contributed by atoms with Crippen LogP contribution >= 0.6 is 0 Å². The molecule has 1 heterocycles. The van der Waals surface area contributed by atoms with Gasteiger partial charge in [0.1, 0.15) is 0 Å². The molecular weight excluding hydrogens is 352 g/mol. The highest BCUT2D eigenvalue weighted by molar-refractivity contribution is 6.05. The van der Waals surface area contributed by atoms with Gasteiger partial charge in [-0.25, -0.2) is 10.5 Å².